The van der Waals surface area contributed by atoms with E-state index in [1.165, 1.54) is 0 Å². The Kier molecular flexibility index (Phi) is 7.07. The van der Waals surface area contributed by atoms with E-state index in [0.717, 1.165) is 5.56 Å². The van der Waals surface area contributed by atoms with Crippen molar-refractivity contribution in [1.82, 2.24) is 5.32 Å². The van der Waals surface area contributed by atoms with Crippen LogP contribution in [-0.4, -0.2) is 23.7 Å². The van der Waals surface area contributed by atoms with Crippen molar-refractivity contribution in [3.63, 3.8) is 0 Å². The minimum absolute atomic E-state index is 0.185. The van der Waals surface area contributed by atoms with Crippen molar-refractivity contribution >= 4 is 12.1 Å². The van der Waals surface area contributed by atoms with Gasteiger partial charge in [-0.25, -0.2) is 9.59 Å². The maximum atomic E-state index is 12.3. The molecule has 0 aliphatic carbocycles. The standard InChI is InChI=1S/C18H27NO4/c1-13(2)11-15(19-17(21)23-18(3,4)5)16(20)22-12-14-9-7-6-8-10-14/h6-10,13,15H,11-12H2,1-5H3,(H,19,21)/t15-/m0/s1. The van der Waals surface area contributed by atoms with Gasteiger partial charge in [0.05, 0.1) is 0 Å². The Morgan fingerprint density at radius 3 is 2.26 bits per heavy atom. The predicted octanol–water partition coefficient (Wildman–Crippen LogP) is 3.67. The number of ether oxygens (including phenoxy) is 2. The summed E-state index contributed by atoms with van der Waals surface area (Å²) in [6, 6.07) is 8.71. The number of nitrogens with one attached hydrogen (secondary N) is 1. The molecule has 1 amide bonds. The fraction of sp³-hybridized carbons (Fsp3) is 0.556. The topological polar surface area (TPSA) is 64.6 Å². The first-order chi connectivity index (χ1) is 10.7. The maximum Gasteiger partial charge on any atom is 0.408 e. The second-order valence-corrected chi connectivity index (χ2v) is 6.92. The van der Waals surface area contributed by atoms with Crippen LogP contribution in [0.3, 0.4) is 0 Å². The van der Waals surface area contributed by atoms with Gasteiger partial charge in [0.25, 0.3) is 0 Å². The lowest BCUT2D eigenvalue weighted by molar-refractivity contribution is -0.148. The van der Waals surface area contributed by atoms with Crippen LogP contribution in [0.4, 0.5) is 4.79 Å². The molecule has 0 unspecified atom stereocenters. The lowest BCUT2D eigenvalue weighted by Gasteiger charge is -2.23. The van der Waals surface area contributed by atoms with Gasteiger partial charge in [0.1, 0.15) is 18.2 Å². The van der Waals surface area contributed by atoms with Crippen LogP contribution in [-0.2, 0) is 20.9 Å². The maximum absolute atomic E-state index is 12.3. The zero-order valence-electron chi connectivity index (χ0n) is 14.6. The summed E-state index contributed by atoms with van der Waals surface area (Å²) in [6.07, 6.45) is -0.118. The fourth-order valence-electron chi connectivity index (χ4n) is 1.96. The summed E-state index contributed by atoms with van der Waals surface area (Å²) in [5.74, 6) is -0.215. The van der Waals surface area contributed by atoms with E-state index in [1.54, 1.807) is 20.8 Å². The summed E-state index contributed by atoms with van der Waals surface area (Å²) in [7, 11) is 0. The molecule has 1 atom stereocenters. The van der Waals surface area contributed by atoms with Gasteiger partial charge in [0.15, 0.2) is 0 Å². The first-order valence-electron chi connectivity index (χ1n) is 7.87. The summed E-state index contributed by atoms with van der Waals surface area (Å²) < 4.78 is 10.5. The van der Waals surface area contributed by atoms with Gasteiger partial charge in [0, 0.05) is 0 Å². The smallest absolute Gasteiger partial charge is 0.408 e. The molecule has 0 spiro atoms. The van der Waals surface area contributed by atoms with E-state index >= 15 is 0 Å². The SMILES string of the molecule is CC(C)C[C@H](NC(=O)OC(C)(C)C)C(=O)OCc1ccccc1. The van der Waals surface area contributed by atoms with Crippen molar-refractivity contribution in [3.05, 3.63) is 35.9 Å². The van der Waals surface area contributed by atoms with E-state index < -0.39 is 23.7 Å². The minimum atomic E-state index is -0.714. The van der Waals surface area contributed by atoms with E-state index in [9.17, 15) is 9.59 Å². The molecule has 0 saturated carbocycles. The Morgan fingerprint density at radius 2 is 1.74 bits per heavy atom. The van der Waals surface area contributed by atoms with Gasteiger partial charge in [-0.3, -0.25) is 0 Å². The monoisotopic (exact) mass is 321 g/mol. The Morgan fingerprint density at radius 1 is 1.13 bits per heavy atom. The third kappa shape index (κ3) is 8.24. The number of esters is 1. The average Bonchev–Trinajstić information content (AvgIpc) is 2.42. The number of hydrogen-bond donors (Lipinski definition) is 1. The molecule has 23 heavy (non-hydrogen) atoms. The van der Waals surface area contributed by atoms with Crippen LogP contribution in [0.5, 0.6) is 0 Å². The molecule has 0 radical (unpaired) electrons. The molecule has 0 saturated heterocycles. The van der Waals surface area contributed by atoms with Crippen molar-refractivity contribution < 1.29 is 19.1 Å². The highest BCUT2D eigenvalue weighted by Gasteiger charge is 2.26. The molecule has 0 heterocycles. The van der Waals surface area contributed by atoms with Crippen LogP contribution in [0.2, 0.25) is 0 Å². The molecule has 1 aromatic rings. The average molecular weight is 321 g/mol. The van der Waals surface area contributed by atoms with Gasteiger partial charge in [-0.05, 0) is 38.7 Å². The van der Waals surface area contributed by atoms with E-state index in [-0.39, 0.29) is 12.5 Å². The molecule has 0 fully saturated rings. The normalized spacial score (nSPS) is 12.6. The van der Waals surface area contributed by atoms with Crippen molar-refractivity contribution in [1.29, 1.82) is 0 Å². The highest BCUT2D eigenvalue weighted by Crippen LogP contribution is 2.11. The highest BCUT2D eigenvalue weighted by molar-refractivity contribution is 5.81. The van der Waals surface area contributed by atoms with Crippen LogP contribution < -0.4 is 5.32 Å². The first kappa shape index (κ1) is 19.0. The van der Waals surface area contributed by atoms with Crippen LogP contribution in [0.1, 0.15) is 46.6 Å². The minimum Gasteiger partial charge on any atom is -0.459 e. The lowest BCUT2D eigenvalue weighted by atomic mass is 10.0. The Balaban J connectivity index is 2.61. The number of carbonyl (C=O) groups excluding carboxylic acids is 2. The second-order valence-electron chi connectivity index (χ2n) is 6.92. The summed E-state index contributed by atoms with van der Waals surface area (Å²) in [5, 5.41) is 2.61. The van der Waals surface area contributed by atoms with Crippen LogP contribution in [0.15, 0.2) is 30.3 Å². The van der Waals surface area contributed by atoms with E-state index in [1.807, 2.05) is 44.2 Å². The molecule has 0 bridgehead atoms. The van der Waals surface area contributed by atoms with Crippen LogP contribution in [0, 0.1) is 5.92 Å². The predicted molar refractivity (Wildman–Crippen MR) is 88.9 cm³/mol. The molecule has 1 aromatic carbocycles. The quantitative estimate of drug-likeness (QED) is 0.812. The molecular weight excluding hydrogens is 294 g/mol. The zero-order chi connectivity index (χ0) is 17.5. The molecule has 0 aromatic heterocycles. The van der Waals surface area contributed by atoms with E-state index in [4.69, 9.17) is 9.47 Å². The van der Waals surface area contributed by atoms with Gasteiger partial charge < -0.3 is 14.8 Å². The lowest BCUT2D eigenvalue weighted by Crippen LogP contribution is -2.44. The summed E-state index contributed by atoms with van der Waals surface area (Å²) >= 11 is 0. The van der Waals surface area contributed by atoms with Gasteiger partial charge >= 0.3 is 12.1 Å². The van der Waals surface area contributed by atoms with E-state index in [0.29, 0.717) is 6.42 Å². The highest BCUT2D eigenvalue weighted by atomic mass is 16.6. The molecule has 1 rings (SSSR count). The van der Waals surface area contributed by atoms with Gasteiger partial charge in [-0.15, -0.1) is 0 Å². The van der Waals surface area contributed by atoms with Crippen molar-refractivity contribution in [2.24, 2.45) is 5.92 Å². The summed E-state index contributed by atoms with van der Waals surface area (Å²) in [6.45, 7) is 9.47. The number of rotatable bonds is 6. The Hall–Kier alpha value is -2.04. The second kappa shape index (κ2) is 8.56. The van der Waals surface area contributed by atoms with Gasteiger partial charge in [0.2, 0.25) is 0 Å². The van der Waals surface area contributed by atoms with Crippen molar-refractivity contribution in [2.45, 2.75) is 59.3 Å². The third-order valence-corrected chi connectivity index (χ3v) is 2.91. The van der Waals surface area contributed by atoms with Crippen molar-refractivity contribution in [3.8, 4) is 0 Å². The molecule has 0 aliphatic heterocycles. The first-order valence-corrected chi connectivity index (χ1v) is 7.87. The molecule has 5 heteroatoms. The number of benzene rings is 1. The van der Waals surface area contributed by atoms with Crippen LogP contribution in [0.25, 0.3) is 0 Å². The number of hydrogen-bond acceptors (Lipinski definition) is 4. The number of amides is 1. The Bertz CT molecular complexity index is 506. The van der Waals surface area contributed by atoms with Crippen molar-refractivity contribution in [2.75, 3.05) is 0 Å². The van der Waals surface area contributed by atoms with Gasteiger partial charge in [-0.2, -0.15) is 0 Å². The molecule has 128 valence electrons. The largest absolute Gasteiger partial charge is 0.459 e. The van der Waals surface area contributed by atoms with Gasteiger partial charge in [-0.1, -0.05) is 44.2 Å². The number of alkyl carbamates (subject to hydrolysis) is 1. The molecular formula is C18H27NO4. The summed E-state index contributed by atoms with van der Waals surface area (Å²) in [4.78, 5) is 24.1. The zero-order valence-corrected chi connectivity index (χ0v) is 14.6. The number of carbonyl (C=O) groups is 2. The van der Waals surface area contributed by atoms with E-state index in [2.05, 4.69) is 5.32 Å². The van der Waals surface area contributed by atoms with Crippen LogP contribution >= 0.6 is 0 Å². The molecule has 1 N–H and O–H groups in total. The third-order valence-electron chi connectivity index (χ3n) is 2.91. The molecule has 0 aliphatic rings. The fourth-order valence-corrected chi connectivity index (χ4v) is 1.96. The summed E-state index contributed by atoms with van der Waals surface area (Å²) in [5.41, 5.74) is 0.293. The molecule has 5 nitrogen and oxygen atoms in total. The Labute approximate surface area is 138 Å².